The Morgan fingerprint density at radius 3 is 2.75 bits per heavy atom. The highest BCUT2D eigenvalue weighted by Gasteiger charge is 2.06. The van der Waals surface area contributed by atoms with Crippen molar-refractivity contribution in [2.45, 2.75) is 13.8 Å². The zero-order valence-corrected chi connectivity index (χ0v) is 12.1. The van der Waals surface area contributed by atoms with Gasteiger partial charge in [0.1, 0.15) is 12.1 Å². The van der Waals surface area contributed by atoms with Crippen molar-refractivity contribution < 1.29 is 0 Å². The van der Waals surface area contributed by atoms with E-state index in [1.165, 1.54) is 11.1 Å². The van der Waals surface area contributed by atoms with Crippen LogP contribution >= 0.6 is 11.6 Å². The summed E-state index contributed by atoms with van der Waals surface area (Å²) < 4.78 is 0. The van der Waals surface area contributed by atoms with Crippen LogP contribution in [0.25, 0.3) is 10.9 Å². The summed E-state index contributed by atoms with van der Waals surface area (Å²) in [7, 11) is 0. The summed E-state index contributed by atoms with van der Waals surface area (Å²) in [6, 6.07) is 11.8. The van der Waals surface area contributed by atoms with Crippen LogP contribution in [0, 0.1) is 13.8 Å². The molecular weight excluding hydrogens is 270 g/mol. The summed E-state index contributed by atoms with van der Waals surface area (Å²) in [5, 5.41) is 5.01. The molecule has 1 aromatic heterocycles. The minimum absolute atomic E-state index is 0.675. The number of halogens is 1. The van der Waals surface area contributed by atoms with Crippen molar-refractivity contribution in [3.05, 3.63) is 58.9 Å². The fraction of sp³-hybridized carbons (Fsp3) is 0.125. The average Bonchev–Trinajstić information content (AvgIpc) is 2.44. The molecule has 0 spiro atoms. The van der Waals surface area contributed by atoms with E-state index in [9.17, 15) is 0 Å². The standard InChI is InChI=1S/C16H14ClN3/c1-10-4-3-5-14(11(10)2)20-16-13-7-6-12(17)8-15(13)18-9-19-16/h3-9H,1-2H3,(H,18,19,20). The molecule has 0 unspecified atom stereocenters. The molecule has 2 aromatic carbocycles. The molecule has 4 heteroatoms. The number of hydrogen-bond donors (Lipinski definition) is 1. The highest BCUT2D eigenvalue weighted by Crippen LogP contribution is 2.27. The lowest BCUT2D eigenvalue weighted by Crippen LogP contribution is -1.98. The van der Waals surface area contributed by atoms with Gasteiger partial charge in [0.15, 0.2) is 0 Å². The van der Waals surface area contributed by atoms with E-state index in [-0.39, 0.29) is 0 Å². The summed E-state index contributed by atoms with van der Waals surface area (Å²) in [5.41, 5.74) is 4.35. The second-order valence-corrected chi connectivity index (χ2v) is 5.19. The number of benzene rings is 2. The molecule has 20 heavy (non-hydrogen) atoms. The molecule has 3 nitrogen and oxygen atoms in total. The Morgan fingerprint density at radius 2 is 1.90 bits per heavy atom. The van der Waals surface area contributed by atoms with Crippen LogP contribution in [0.1, 0.15) is 11.1 Å². The van der Waals surface area contributed by atoms with Gasteiger partial charge in [-0.15, -0.1) is 0 Å². The number of hydrogen-bond acceptors (Lipinski definition) is 3. The molecule has 0 saturated heterocycles. The quantitative estimate of drug-likeness (QED) is 0.744. The summed E-state index contributed by atoms with van der Waals surface area (Å²) in [6.07, 6.45) is 1.55. The van der Waals surface area contributed by atoms with E-state index in [1.54, 1.807) is 6.33 Å². The van der Waals surface area contributed by atoms with Crippen molar-refractivity contribution in [3.8, 4) is 0 Å². The van der Waals surface area contributed by atoms with E-state index in [0.717, 1.165) is 22.4 Å². The van der Waals surface area contributed by atoms with Crippen molar-refractivity contribution in [1.82, 2.24) is 9.97 Å². The molecule has 0 atom stereocenters. The van der Waals surface area contributed by atoms with E-state index < -0.39 is 0 Å². The Hall–Kier alpha value is -2.13. The van der Waals surface area contributed by atoms with Gasteiger partial charge in [0.05, 0.1) is 5.52 Å². The molecule has 3 rings (SSSR count). The van der Waals surface area contributed by atoms with Crippen molar-refractivity contribution in [3.63, 3.8) is 0 Å². The van der Waals surface area contributed by atoms with E-state index in [1.807, 2.05) is 30.3 Å². The molecule has 0 aliphatic rings. The van der Waals surface area contributed by atoms with Gasteiger partial charge in [-0.2, -0.15) is 0 Å². The van der Waals surface area contributed by atoms with Crippen molar-refractivity contribution in [1.29, 1.82) is 0 Å². The first-order valence-corrected chi connectivity index (χ1v) is 6.76. The summed E-state index contributed by atoms with van der Waals surface area (Å²) in [4.78, 5) is 8.59. The van der Waals surface area contributed by atoms with Gasteiger partial charge in [-0.1, -0.05) is 23.7 Å². The Kier molecular flexibility index (Phi) is 3.28. The number of aromatic nitrogens is 2. The maximum atomic E-state index is 6.00. The summed E-state index contributed by atoms with van der Waals surface area (Å²) in [5.74, 6) is 0.792. The highest BCUT2D eigenvalue weighted by molar-refractivity contribution is 6.31. The molecule has 0 saturated carbocycles. The number of nitrogens with zero attached hydrogens (tertiary/aromatic N) is 2. The topological polar surface area (TPSA) is 37.8 Å². The summed E-state index contributed by atoms with van der Waals surface area (Å²) in [6.45, 7) is 4.19. The maximum absolute atomic E-state index is 6.00. The van der Waals surface area contributed by atoms with E-state index in [4.69, 9.17) is 11.6 Å². The molecule has 100 valence electrons. The predicted octanol–water partition coefficient (Wildman–Crippen LogP) is 4.64. The minimum atomic E-state index is 0.675. The van der Waals surface area contributed by atoms with Crippen LogP contribution in [-0.4, -0.2) is 9.97 Å². The van der Waals surface area contributed by atoms with Crippen LogP contribution in [0.4, 0.5) is 11.5 Å². The van der Waals surface area contributed by atoms with E-state index >= 15 is 0 Å². The van der Waals surface area contributed by atoms with Gasteiger partial charge in [0.2, 0.25) is 0 Å². The first-order chi connectivity index (χ1) is 9.65. The molecule has 0 fully saturated rings. The Morgan fingerprint density at radius 1 is 1.05 bits per heavy atom. The molecule has 0 amide bonds. The van der Waals surface area contributed by atoms with Gasteiger partial charge in [-0.05, 0) is 49.2 Å². The normalized spacial score (nSPS) is 10.8. The smallest absolute Gasteiger partial charge is 0.141 e. The molecule has 0 aliphatic carbocycles. The van der Waals surface area contributed by atoms with Crippen LogP contribution < -0.4 is 5.32 Å². The van der Waals surface area contributed by atoms with Gasteiger partial charge in [0, 0.05) is 16.1 Å². The van der Waals surface area contributed by atoms with Crippen LogP contribution in [-0.2, 0) is 0 Å². The highest BCUT2D eigenvalue weighted by atomic mass is 35.5. The molecule has 1 heterocycles. The lowest BCUT2D eigenvalue weighted by atomic mass is 10.1. The first-order valence-electron chi connectivity index (χ1n) is 6.38. The van der Waals surface area contributed by atoms with Gasteiger partial charge in [-0.3, -0.25) is 0 Å². The van der Waals surface area contributed by atoms with Gasteiger partial charge < -0.3 is 5.32 Å². The third-order valence-electron chi connectivity index (χ3n) is 3.46. The molecule has 1 N–H and O–H groups in total. The summed E-state index contributed by atoms with van der Waals surface area (Å²) >= 11 is 6.00. The molecular formula is C16H14ClN3. The fourth-order valence-electron chi connectivity index (χ4n) is 2.14. The average molecular weight is 284 g/mol. The lowest BCUT2D eigenvalue weighted by molar-refractivity contribution is 1.21. The van der Waals surface area contributed by atoms with E-state index in [0.29, 0.717) is 5.02 Å². The van der Waals surface area contributed by atoms with Crippen LogP contribution in [0.3, 0.4) is 0 Å². The number of anilines is 2. The number of fused-ring (bicyclic) bond motifs is 1. The van der Waals surface area contributed by atoms with Crippen LogP contribution in [0.5, 0.6) is 0 Å². The second kappa shape index (κ2) is 5.10. The van der Waals surface area contributed by atoms with Crippen molar-refractivity contribution in [2.75, 3.05) is 5.32 Å². The van der Waals surface area contributed by atoms with E-state index in [2.05, 4.69) is 35.2 Å². The molecule has 0 aliphatic heterocycles. The monoisotopic (exact) mass is 283 g/mol. The second-order valence-electron chi connectivity index (χ2n) is 4.76. The lowest BCUT2D eigenvalue weighted by Gasteiger charge is -2.12. The Balaban J connectivity index is 2.09. The van der Waals surface area contributed by atoms with Gasteiger partial charge in [-0.25, -0.2) is 9.97 Å². The third kappa shape index (κ3) is 2.32. The molecule has 0 bridgehead atoms. The van der Waals surface area contributed by atoms with Crippen LogP contribution in [0.15, 0.2) is 42.7 Å². The Labute approximate surface area is 122 Å². The van der Waals surface area contributed by atoms with Gasteiger partial charge in [0.25, 0.3) is 0 Å². The zero-order chi connectivity index (χ0) is 14.1. The largest absolute Gasteiger partial charge is 0.339 e. The zero-order valence-electron chi connectivity index (χ0n) is 11.3. The molecule has 3 aromatic rings. The van der Waals surface area contributed by atoms with Gasteiger partial charge >= 0.3 is 0 Å². The number of rotatable bonds is 2. The predicted molar refractivity (Wildman–Crippen MR) is 83.7 cm³/mol. The third-order valence-corrected chi connectivity index (χ3v) is 3.69. The maximum Gasteiger partial charge on any atom is 0.141 e. The fourth-order valence-corrected chi connectivity index (χ4v) is 2.31. The Bertz CT molecular complexity index is 784. The van der Waals surface area contributed by atoms with Crippen LogP contribution in [0.2, 0.25) is 5.02 Å². The van der Waals surface area contributed by atoms with Crippen molar-refractivity contribution in [2.24, 2.45) is 0 Å². The number of nitrogens with one attached hydrogen (secondary N) is 1. The number of aryl methyl sites for hydroxylation is 1. The minimum Gasteiger partial charge on any atom is -0.339 e. The molecule has 0 radical (unpaired) electrons. The van der Waals surface area contributed by atoms with Crippen molar-refractivity contribution >= 4 is 34.0 Å². The SMILES string of the molecule is Cc1cccc(Nc2ncnc3cc(Cl)ccc23)c1C. The first kappa shape index (κ1) is 12.9.